The molecule has 0 amide bonds. The van der Waals surface area contributed by atoms with E-state index >= 15 is 0 Å². The van der Waals surface area contributed by atoms with Crippen LogP contribution < -0.4 is 5.32 Å². The van der Waals surface area contributed by atoms with Crippen molar-refractivity contribution >= 4 is 9.84 Å². The molecule has 1 aliphatic carbocycles. The van der Waals surface area contributed by atoms with Gasteiger partial charge in [-0.2, -0.15) is 0 Å². The molecule has 1 atom stereocenters. The second-order valence-corrected chi connectivity index (χ2v) is 7.81. The van der Waals surface area contributed by atoms with Crippen molar-refractivity contribution in [1.82, 2.24) is 5.32 Å². The zero-order chi connectivity index (χ0) is 12.4. The molecular formula is C12H23NO3S. The Hall–Kier alpha value is -0.130. The number of nitrogens with one attached hydrogen (secondary N) is 1. The van der Waals surface area contributed by atoms with E-state index in [0.29, 0.717) is 16.9 Å². The fourth-order valence-corrected chi connectivity index (χ4v) is 4.23. The summed E-state index contributed by atoms with van der Waals surface area (Å²) in [5.41, 5.74) is 0.400. The first-order chi connectivity index (χ1) is 8.05. The minimum Gasteiger partial charge on any atom is -0.385 e. The number of rotatable bonds is 6. The molecule has 0 radical (unpaired) electrons. The van der Waals surface area contributed by atoms with Gasteiger partial charge in [0.1, 0.15) is 0 Å². The Morgan fingerprint density at radius 1 is 1.41 bits per heavy atom. The molecule has 1 unspecified atom stereocenters. The van der Waals surface area contributed by atoms with Crippen molar-refractivity contribution in [3.63, 3.8) is 0 Å². The van der Waals surface area contributed by atoms with E-state index in [9.17, 15) is 8.42 Å². The van der Waals surface area contributed by atoms with Crippen LogP contribution in [-0.2, 0) is 14.6 Å². The van der Waals surface area contributed by atoms with E-state index in [0.717, 1.165) is 32.4 Å². The molecule has 2 fully saturated rings. The van der Waals surface area contributed by atoms with Crippen LogP contribution >= 0.6 is 0 Å². The number of hydrogen-bond acceptors (Lipinski definition) is 4. The molecular weight excluding hydrogens is 238 g/mol. The molecule has 0 bridgehead atoms. The maximum absolute atomic E-state index is 11.5. The normalized spacial score (nSPS) is 30.1. The summed E-state index contributed by atoms with van der Waals surface area (Å²) in [5, 5.41) is 3.45. The molecule has 17 heavy (non-hydrogen) atoms. The molecule has 5 heteroatoms. The number of hydrogen-bond donors (Lipinski definition) is 1. The summed E-state index contributed by atoms with van der Waals surface area (Å²) in [4.78, 5) is 0. The first-order valence-electron chi connectivity index (χ1n) is 6.48. The maximum atomic E-state index is 11.5. The zero-order valence-electron chi connectivity index (χ0n) is 10.6. The second-order valence-electron chi connectivity index (χ2n) is 5.58. The van der Waals surface area contributed by atoms with Crippen molar-refractivity contribution < 1.29 is 13.2 Å². The number of ether oxygens (including phenoxy) is 1. The lowest BCUT2D eigenvalue weighted by Crippen LogP contribution is -2.42. The first-order valence-corrected chi connectivity index (χ1v) is 8.30. The fourth-order valence-electron chi connectivity index (χ4n) is 2.56. The number of methoxy groups -OCH3 is 1. The monoisotopic (exact) mass is 261 g/mol. The SMILES string of the molecule is COCCC1(CNC2CCCS(=O)(=O)C2)CC1. The van der Waals surface area contributed by atoms with Gasteiger partial charge < -0.3 is 10.1 Å². The lowest BCUT2D eigenvalue weighted by molar-refractivity contribution is 0.170. The average molecular weight is 261 g/mol. The van der Waals surface area contributed by atoms with Gasteiger partial charge in [-0.25, -0.2) is 8.42 Å². The Balaban J connectivity index is 1.75. The highest BCUT2D eigenvalue weighted by Crippen LogP contribution is 2.48. The molecule has 0 aromatic heterocycles. The standard InChI is InChI=1S/C12H23NO3S/c1-16-7-6-12(4-5-12)10-13-11-3-2-8-17(14,15)9-11/h11,13H,2-10H2,1H3. The third-order valence-electron chi connectivity index (χ3n) is 4.02. The third-order valence-corrected chi connectivity index (χ3v) is 5.84. The smallest absolute Gasteiger partial charge is 0.151 e. The van der Waals surface area contributed by atoms with Crippen LogP contribution in [0, 0.1) is 5.41 Å². The Kier molecular flexibility index (Phi) is 4.10. The molecule has 1 N–H and O–H groups in total. The molecule has 2 aliphatic rings. The molecule has 0 aromatic rings. The Morgan fingerprint density at radius 3 is 2.76 bits per heavy atom. The van der Waals surface area contributed by atoms with Gasteiger partial charge in [-0.3, -0.25) is 0 Å². The van der Waals surface area contributed by atoms with Gasteiger partial charge in [0.25, 0.3) is 0 Å². The Morgan fingerprint density at radius 2 is 2.18 bits per heavy atom. The lowest BCUT2D eigenvalue weighted by Gasteiger charge is -2.25. The molecule has 2 rings (SSSR count). The van der Waals surface area contributed by atoms with Gasteiger partial charge in [-0.15, -0.1) is 0 Å². The quantitative estimate of drug-likeness (QED) is 0.774. The Bertz CT molecular complexity index is 349. The van der Waals surface area contributed by atoms with Crippen LogP contribution in [0.1, 0.15) is 32.1 Å². The summed E-state index contributed by atoms with van der Waals surface area (Å²) in [6.07, 6.45) is 5.41. The summed E-state index contributed by atoms with van der Waals surface area (Å²) >= 11 is 0. The van der Waals surface area contributed by atoms with Gasteiger partial charge >= 0.3 is 0 Å². The highest BCUT2D eigenvalue weighted by molar-refractivity contribution is 7.91. The topological polar surface area (TPSA) is 55.4 Å². The van der Waals surface area contributed by atoms with Gasteiger partial charge in [0, 0.05) is 26.3 Å². The lowest BCUT2D eigenvalue weighted by atomic mass is 10.0. The largest absolute Gasteiger partial charge is 0.385 e. The minimum absolute atomic E-state index is 0.175. The van der Waals surface area contributed by atoms with Crippen LogP contribution in [0.3, 0.4) is 0 Å². The predicted molar refractivity (Wildman–Crippen MR) is 67.8 cm³/mol. The fraction of sp³-hybridized carbons (Fsp3) is 1.00. The first kappa shape index (κ1) is 13.3. The van der Waals surface area contributed by atoms with E-state index in [1.165, 1.54) is 12.8 Å². The molecule has 1 saturated heterocycles. The van der Waals surface area contributed by atoms with Gasteiger partial charge in [-0.05, 0) is 37.5 Å². The molecule has 100 valence electrons. The van der Waals surface area contributed by atoms with Crippen molar-refractivity contribution in [3.8, 4) is 0 Å². The summed E-state index contributed by atoms with van der Waals surface area (Å²) in [7, 11) is -1.05. The van der Waals surface area contributed by atoms with Crippen LogP contribution in [0.5, 0.6) is 0 Å². The zero-order valence-corrected chi connectivity index (χ0v) is 11.4. The van der Waals surface area contributed by atoms with Gasteiger partial charge in [0.2, 0.25) is 0 Å². The van der Waals surface area contributed by atoms with Crippen LogP contribution in [0.25, 0.3) is 0 Å². The van der Waals surface area contributed by atoms with Gasteiger partial charge in [-0.1, -0.05) is 0 Å². The van der Waals surface area contributed by atoms with Crippen molar-refractivity contribution in [3.05, 3.63) is 0 Å². The van der Waals surface area contributed by atoms with Gasteiger partial charge in [0.05, 0.1) is 11.5 Å². The highest BCUT2D eigenvalue weighted by atomic mass is 32.2. The van der Waals surface area contributed by atoms with Crippen molar-refractivity contribution in [1.29, 1.82) is 0 Å². The molecule has 1 aliphatic heterocycles. The Labute approximate surface area is 104 Å². The highest BCUT2D eigenvalue weighted by Gasteiger charge is 2.42. The summed E-state index contributed by atoms with van der Waals surface area (Å²) in [5.74, 6) is 0.702. The van der Waals surface area contributed by atoms with E-state index in [1.54, 1.807) is 7.11 Å². The summed E-state index contributed by atoms with van der Waals surface area (Å²) in [6, 6.07) is 0.175. The van der Waals surface area contributed by atoms with E-state index in [1.807, 2.05) is 0 Å². The van der Waals surface area contributed by atoms with Crippen molar-refractivity contribution in [2.45, 2.75) is 38.1 Å². The van der Waals surface area contributed by atoms with E-state index in [2.05, 4.69) is 5.32 Å². The van der Waals surface area contributed by atoms with Gasteiger partial charge in [0.15, 0.2) is 9.84 Å². The maximum Gasteiger partial charge on any atom is 0.151 e. The average Bonchev–Trinajstić information content (AvgIpc) is 3.03. The van der Waals surface area contributed by atoms with Crippen molar-refractivity contribution in [2.75, 3.05) is 31.8 Å². The summed E-state index contributed by atoms with van der Waals surface area (Å²) in [6.45, 7) is 1.77. The number of sulfone groups is 1. The predicted octanol–water partition coefficient (Wildman–Crippen LogP) is 0.970. The third kappa shape index (κ3) is 3.93. The van der Waals surface area contributed by atoms with Crippen LogP contribution in [0.2, 0.25) is 0 Å². The molecule has 1 heterocycles. The van der Waals surface area contributed by atoms with Crippen LogP contribution in [-0.4, -0.2) is 46.2 Å². The van der Waals surface area contributed by atoms with E-state index in [4.69, 9.17) is 4.74 Å². The molecule has 0 aromatic carbocycles. The van der Waals surface area contributed by atoms with Crippen LogP contribution in [0.15, 0.2) is 0 Å². The molecule has 1 saturated carbocycles. The van der Waals surface area contributed by atoms with Crippen LogP contribution in [0.4, 0.5) is 0 Å². The molecule has 4 nitrogen and oxygen atoms in total. The molecule has 0 spiro atoms. The second kappa shape index (κ2) is 5.24. The van der Waals surface area contributed by atoms with Crippen molar-refractivity contribution in [2.24, 2.45) is 5.41 Å². The van der Waals surface area contributed by atoms with E-state index in [-0.39, 0.29) is 6.04 Å². The minimum atomic E-state index is -2.78. The van der Waals surface area contributed by atoms with E-state index < -0.39 is 9.84 Å². The summed E-state index contributed by atoms with van der Waals surface area (Å²) < 4.78 is 28.1.